The van der Waals surface area contributed by atoms with Gasteiger partial charge in [-0.25, -0.2) is 0 Å². The van der Waals surface area contributed by atoms with E-state index in [0.29, 0.717) is 4.90 Å². The predicted molar refractivity (Wildman–Crippen MR) is 47.5 cm³/mol. The van der Waals surface area contributed by atoms with Crippen molar-refractivity contribution in [3.63, 3.8) is 0 Å². The molecule has 5 heteroatoms. The first-order valence-corrected chi connectivity index (χ1v) is 5.12. The highest BCUT2D eigenvalue weighted by atomic mass is 32.2. The topological polar surface area (TPSA) is 41.7 Å². The maximum atomic E-state index is 11.6. The Morgan fingerprint density at radius 2 is 2.08 bits per heavy atom. The molecule has 4 nitrogen and oxygen atoms in total. The van der Waals surface area contributed by atoms with Crippen molar-refractivity contribution in [2.24, 2.45) is 0 Å². The van der Waals surface area contributed by atoms with E-state index in [1.807, 2.05) is 0 Å². The molecule has 0 aromatic heterocycles. The van der Waals surface area contributed by atoms with Gasteiger partial charge in [0.1, 0.15) is 6.54 Å². The zero-order chi connectivity index (χ0) is 9.47. The first-order chi connectivity index (χ1) is 6.16. The lowest BCUT2D eigenvalue weighted by Crippen LogP contribution is -2.15. The van der Waals surface area contributed by atoms with Gasteiger partial charge in [0.15, 0.2) is 0 Å². The minimum absolute atomic E-state index is 0.231. The number of nitrogens with zero attached hydrogens (tertiary/aromatic N) is 2. The van der Waals surface area contributed by atoms with Crippen LogP contribution in [0.5, 0.6) is 0 Å². The van der Waals surface area contributed by atoms with Crippen molar-refractivity contribution < 1.29 is 8.42 Å². The zero-order valence-electron chi connectivity index (χ0n) is 6.71. The van der Waals surface area contributed by atoms with Crippen molar-refractivity contribution in [3.05, 3.63) is 34.8 Å². The third-order valence-electron chi connectivity index (χ3n) is 1.96. The molecule has 13 heavy (non-hydrogen) atoms. The van der Waals surface area contributed by atoms with Crippen molar-refractivity contribution >= 4 is 10.0 Å². The van der Waals surface area contributed by atoms with Crippen LogP contribution in [0.2, 0.25) is 0 Å². The Kier molecular flexibility index (Phi) is 1.54. The summed E-state index contributed by atoms with van der Waals surface area (Å²) in [5.41, 5.74) is 0.733. The van der Waals surface area contributed by atoms with Crippen LogP contribution in [0.1, 0.15) is 5.56 Å². The summed E-state index contributed by atoms with van der Waals surface area (Å²) in [4.78, 5) is 3.50. The quantitative estimate of drug-likeness (QED) is 0.621. The molecule has 1 heterocycles. The number of hydrogen-bond donors (Lipinski definition) is 0. The summed E-state index contributed by atoms with van der Waals surface area (Å²) in [5.74, 6) is 0. The van der Waals surface area contributed by atoms with Gasteiger partial charge in [0.25, 0.3) is 0 Å². The fourth-order valence-electron chi connectivity index (χ4n) is 1.33. The Hall–Kier alpha value is -1.54. The first kappa shape index (κ1) is 8.08. The molecule has 0 amide bonds. The van der Waals surface area contributed by atoms with Crippen LogP contribution in [0.25, 0.3) is 4.95 Å². The second-order valence-electron chi connectivity index (χ2n) is 2.71. The van der Waals surface area contributed by atoms with E-state index in [4.69, 9.17) is 6.57 Å². The molecule has 1 aromatic carbocycles. The second-order valence-corrected chi connectivity index (χ2v) is 4.52. The van der Waals surface area contributed by atoms with Crippen molar-refractivity contribution in [2.75, 3.05) is 0 Å². The molecule has 0 atom stereocenters. The lowest BCUT2D eigenvalue weighted by Gasteiger charge is -1.93. The Bertz CT molecular complexity index is 487. The van der Waals surface area contributed by atoms with Crippen LogP contribution in [0.4, 0.5) is 0 Å². The third-order valence-corrected chi connectivity index (χ3v) is 3.69. The average Bonchev–Trinajstić information content (AvgIpc) is 2.39. The van der Waals surface area contributed by atoms with E-state index in [2.05, 4.69) is 4.95 Å². The molecule has 1 aliphatic heterocycles. The molecule has 0 unspecified atom stereocenters. The molecule has 1 aromatic rings. The molecule has 0 saturated carbocycles. The fourth-order valence-corrected chi connectivity index (χ4v) is 2.71. The van der Waals surface area contributed by atoms with Gasteiger partial charge in [-0.05, 0) is 6.07 Å². The summed E-state index contributed by atoms with van der Waals surface area (Å²) in [5, 5.41) is 0. The van der Waals surface area contributed by atoms with E-state index in [0.717, 1.165) is 9.98 Å². The number of fused-ring (bicyclic) bond motifs is 1. The van der Waals surface area contributed by atoms with E-state index in [9.17, 15) is 8.42 Å². The van der Waals surface area contributed by atoms with Crippen LogP contribution in [0.3, 0.4) is 0 Å². The minimum atomic E-state index is -3.45. The van der Waals surface area contributed by atoms with Gasteiger partial charge in [-0.1, -0.05) is 18.2 Å². The van der Waals surface area contributed by atoms with Gasteiger partial charge >= 0.3 is 16.6 Å². The van der Waals surface area contributed by atoms with Crippen molar-refractivity contribution in [2.45, 2.75) is 11.4 Å². The van der Waals surface area contributed by atoms with E-state index >= 15 is 0 Å². The van der Waals surface area contributed by atoms with Gasteiger partial charge in [-0.3, -0.25) is 0 Å². The van der Waals surface area contributed by atoms with Gasteiger partial charge < -0.3 is 0 Å². The summed E-state index contributed by atoms with van der Waals surface area (Å²) in [6.07, 6.45) is 0. The molecule has 2 rings (SSSR count). The Labute approximate surface area is 76.2 Å². The van der Waals surface area contributed by atoms with E-state index in [1.165, 1.54) is 0 Å². The summed E-state index contributed by atoms with van der Waals surface area (Å²) in [6.45, 7) is 5.19. The minimum Gasteiger partial charge on any atom is -0.195 e. The average molecular weight is 195 g/mol. The largest absolute Gasteiger partial charge is 0.323 e. The molecular weight excluding hydrogens is 188 g/mol. The summed E-state index contributed by atoms with van der Waals surface area (Å²) >= 11 is 0. The normalized spacial score (nSPS) is 17.9. The maximum Gasteiger partial charge on any atom is 0.323 e. The highest BCUT2D eigenvalue weighted by molar-refractivity contribution is 7.89. The van der Waals surface area contributed by atoms with E-state index in [1.54, 1.807) is 24.3 Å². The Morgan fingerprint density at radius 3 is 2.69 bits per heavy atom. The van der Waals surface area contributed by atoms with Crippen molar-refractivity contribution in [1.29, 1.82) is 0 Å². The summed E-state index contributed by atoms with van der Waals surface area (Å²) < 4.78 is 24.0. The highest BCUT2D eigenvalue weighted by Gasteiger charge is 2.39. The zero-order valence-corrected chi connectivity index (χ0v) is 7.53. The Morgan fingerprint density at radius 1 is 1.38 bits per heavy atom. The van der Waals surface area contributed by atoms with Crippen LogP contribution in [-0.2, 0) is 16.6 Å². The summed E-state index contributed by atoms with van der Waals surface area (Å²) in [6, 6.07) is 6.76. The molecule has 66 valence electrons. The van der Waals surface area contributed by atoms with Gasteiger partial charge in [-0.2, -0.15) is 8.42 Å². The fraction of sp³-hybridized carbons (Fsp3) is 0.125. The van der Waals surface area contributed by atoms with Gasteiger partial charge in [-0.15, -0.1) is 0 Å². The van der Waals surface area contributed by atoms with Crippen LogP contribution < -0.4 is 0 Å². The van der Waals surface area contributed by atoms with Crippen molar-refractivity contribution in [1.82, 2.24) is 4.41 Å². The van der Waals surface area contributed by atoms with Gasteiger partial charge in [0.2, 0.25) is 0 Å². The first-order valence-electron chi connectivity index (χ1n) is 3.68. The van der Waals surface area contributed by atoms with Gasteiger partial charge in [0.05, 0.1) is 14.3 Å². The standard InChI is InChI=1S/C8H7N2O2S/c1-9-10-6-7-4-2-3-5-8(7)13(10,11)12/h1-5H,6H2/q+1. The smallest absolute Gasteiger partial charge is 0.195 e. The predicted octanol–water partition coefficient (Wildman–Crippen LogP) is 1.07. The molecule has 0 aliphatic carbocycles. The highest BCUT2D eigenvalue weighted by Crippen LogP contribution is 2.29. The lowest BCUT2D eigenvalue weighted by atomic mass is 10.2. The third kappa shape index (κ3) is 0.993. The molecule has 0 saturated heterocycles. The van der Waals surface area contributed by atoms with Gasteiger partial charge in [0, 0.05) is 5.56 Å². The monoisotopic (exact) mass is 195 g/mol. The van der Waals surface area contributed by atoms with Crippen molar-refractivity contribution in [3.8, 4) is 6.57 Å². The van der Waals surface area contributed by atoms with Crippen LogP contribution in [-0.4, -0.2) is 12.8 Å². The molecule has 0 N–H and O–H groups in total. The Balaban J connectivity index is 2.69. The number of hydrogen-bond acceptors (Lipinski definition) is 2. The molecule has 0 bridgehead atoms. The molecule has 1 aliphatic rings. The number of benzene rings is 1. The molecule has 0 radical (unpaired) electrons. The molecular formula is C8H7N2O2S+. The van der Waals surface area contributed by atoms with E-state index < -0.39 is 10.0 Å². The van der Waals surface area contributed by atoms with Crippen LogP contribution >= 0.6 is 0 Å². The maximum absolute atomic E-state index is 11.6. The second kappa shape index (κ2) is 2.47. The van der Waals surface area contributed by atoms with Crippen LogP contribution in [0.15, 0.2) is 29.2 Å². The summed E-state index contributed by atoms with van der Waals surface area (Å²) in [7, 11) is -3.45. The van der Waals surface area contributed by atoms with E-state index in [-0.39, 0.29) is 6.54 Å². The number of sulfonamides is 1. The lowest BCUT2D eigenvalue weighted by molar-refractivity contribution is 0.514. The number of rotatable bonds is 0. The molecule has 0 fully saturated rings. The van der Waals surface area contributed by atoms with Crippen LogP contribution in [0, 0.1) is 6.57 Å². The molecule has 0 spiro atoms. The SMILES string of the molecule is C#[N+]N1Cc2ccccc2S1(=O)=O.